The number of methoxy groups -OCH3 is 1. The van der Waals surface area contributed by atoms with Crippen LogP contribution in [0.1, 0.15) is 12.7 Å². The first kappa shape index (κ1) is 15.2. The lowest BCUT2D eigenvalue weighted by molar-refractivity contribution is 0.340. The van der Waals surface area contributed by atoms with Gasteiger partial charge in [-0.1, -0.05) is 17.3 Å². The van der Waals surface area contributed by atoms with E-state index in [9.17, 15) is 0 Å². The van der Waals surface area contributed by atoms with Crippen LogP contribution in [0.25, 0.3) is 22.4 Å². The summed E-state index contributed by atoms with van der Waals surface area (Å²) in [5.41, 5.74) is 3.87. The molecular formula is C19H19NO3. The van der Waals surface area contributed by atoms with Gasteiger partial charge >= 0.3 is 0 Å². The SMILES string of the molecule is CCOc1ccc(-c2c(-c3ccc(OC)cc3)noc2C)cc1. The summed E-state index contributed by atoms with van der Waals surface area (Å²) >= 11 is 0. The Morgan fingerprint density at radius 1 is 0.913 bits per heavy atom. The van der Waals surface area contributed by atoms with E-state index in [1.165, 1.54) is 0 Å². The van der Waals surface area contributed by atoms with Crippen LogP contribution < -0.4 is 9.47 Å². The van der Waals surface area contributed by atoms with Crippen molar-refractivity contribution in [1.29, 1.82) is 0 Å². The largest absolute Gasteiger partial charge is 0.497 e. The molecule has 0 aliphatic carbocycles. The van der Waals surface area contributed by atoms with E-state index in [1.807, 2.05) is 62.4 Å². The second kappa shape index (κ2) is 6.57. The molecule has 0 bridgehead atoms. The molecule has 0 fully saturated rings. The molecule has 0 amide bonds. The molecule has 23 heavy (non-hydrogen) atoms. The first-order valence-electron chi connectivity index (χ1n) is 7.57. The average molecular weight is 309 g/mol. The summed E-state index contributed by atoms with van der Waals surface area (Å²) in [6, 6.07) is 15.8. The third kappa shape index (κ3) is 3.06. The molecule has 4 heteroatoms. The van der Waals surface area contributed by atoms with Crippen molar-refractivity contribution in [2.75, 3.05) is 13.7 Å². The number of hydrogen-bond acceptors (Lipinski definition) is 4. The van der Waals surface area contributed by atoms with Crippen LogP contribution in [-0.4, -0.2) is 18.9 Å². The van der Waals surface area contributed by atoms with Crippen LogP contribution in [0.5, 0.6) is 11.5 Å². The second-order valence-corrected chi connectivity index (χ2v) is 5.15. The minimum Gasteiger partial charge on any atom is -0.497 e. The molecule has 0 spiro atoms. The Hall–Kier alpha value is -2.75. The molecule has 4 nitrogen and oxygen atoms in total. The summed E-state index contributed by atoms with van der Waals surface area (Å²) in [4.78, 5) is 0. The van der Waals surface area contributed by atoms with Crippen molar-refractivity contribution in [2.24, 2.45) is 0 Å². The van der Waals surface area contributed by atoms with Crippen molar-refractivity contribution in [3.8, 4) is 33.9 Å². The maximum atomic E-state index is 5.50. The lowest BCUT2D eigenvalue weighted by Gasteiger charge is -2.06. The monoisotopic (exact) mass is 309 g/mol. The third-order valence-corrected chi connectivity index (χ3v) is 3.68. The highest BCUT2D eigenvalue weighted by Crippen LogP contribution is 2.35. The second-order valence-electron chi connectivity index (χ2n) is 5.15. The fourth-order valence-electron chi connectivity index (χ4n) is 2.54. The van der Waals surface area contributed by atoms with Gasteiger partial charge in [0.25, 0.3) is 0 Å². The Labute approximate surface area is 135 Å². The zero-order valence-corrected chi connectivity index (χ0v) is 13.5. The highest BCUT2D eigenvalue weighted by Gasteiger charge is 2.16. The number of aryl methyl sites for hydroxylation is 1. The summed E-state index contributed by atoms with van der Waals surface area (Å²) in [7, 11) is 1.65. The van der Waals surface area contributed by atoms with Crippen molar-refractivity contribution in [2.45, 2.75) is 13.8 Å². The number of ether oxygens (including phenoxy) is 2. The van der Waals surface area contributed by atoms with Crippen molar-refractivity contribution in [1.82, 2.24) is 5.16 Å². The van der Waals surface area contributed by atoms with Gasteiger partial charge in [-0.2, -0.15) is 0 Å². The molecule has 0 N–H and O–H groups in total. The fourth-order valence-corrected chi connectivity index (χ4v) is 2.54. The van der Waals surface area contributed by atoms with Crippen LogP contribution in [0, 0.1) is 6.92 Å². The van der Waals surface area contributed by atoms with E-state index < -0.39 is 0 Å². The highest BCUT2D eigenvalue weighted by molar-refractivity contribution is 5.82. The minimum absolute atomic E-state index is 0.655. The Bertz CT molecular complexity index is 773. The van der Waals surface area contributed by atoms with Crippen molar-refractivity contribution in [3.63, 3.8) is 0 Å². The van der Waals surface area contributed by atoms with Gasteiger partial charge in [0.05, 0.1) is 19.3 Å². The van der Waals surface area contributed by atoms with Crippen molar-refractivity contribution in [3.05, 3.63) is 54.3 Å². The van der Waals surface area contributed by atoms with Gasteiger partial charge in [0.1, 0.15) is 23.0 Å². The molecule has 0 atom stereocenters. The first-order valence-corrected chi connectivity index (χ1v) is 7.57. The Morgan fingerprint density at radius 3 is 2.13 bits per heavy atom. The van der Waals surface area contributed by atoms with E-state index in [0.29, 0.717) is 6.61 Å². The van der Waals surface area contributed by atoms with E-state index in [4.69, 9.17) is 14.0 Å². The van der Waals surface area contributed by atoms with E-state index in [2.05, 4.69) is 5.16 Å². The predicted octanol–water partition coefficient (Wildman–Crippen LogP) is 4.72. The number of aromatic nitrogens is 1. The van der Waals surface area contributed by atoms with E-state index in [0.717, 1.165) is 39.6 Å². The smallest absolute Gasteiger partial charge is 0.142 e. The molecule has 2 aromatic carbocycles. The molecule has 0 saturated carbocycles. The molecule has 118 valence electrons. The molecule has 3 rings (SSSR count). The number of benzene rings is 2. The zero-order valence-electron chi connectivity index (χ0n) is 13.5. The summed E-state index contributed by atoms with van der Waals surface area (Å²) < 4.78 is 16.1. The summed E-state index contributed by atoms with van der Waals surface area (Å²) in [5, 5.41) is 4.23. The topological polar surface area (TPSA) is 44.5 Å². The minimum atomic E-state index is 0.655. The van der Waals surface area contributed by atoms with Crippen LogP contribution in [0.4, 0.5) is 0 Å². The van der Waals surface area contributed by atoms with E-state index >= 15 is 0 Å². The Morgan fingerprint density at radius 2 is 1.52 bits per heavy atom. The molecular weight excluding hydrogens is 290 g/mol. The molecule has 0 aliphatic rings. The van der Waals surface area contributed by atoms with Gasteiger partial charge in [0, 0.05) is 5.56 Å². The van der Waals surface area contributed by atoms with Gasteiger partial charge in [0.15, 0.2) is 0 Å². The summed E-state index contributed by atoms with van der Waals surface area (Å²) in [5.74, 6) is 2.47. The Balaban J connectivity index is 2.00. The maximum Gasteiger partial charge on any atom is 0.142 e. The van der Waals surface area contributed by atoms with Crippen LogP contribution in [0.3, 0.4) is 0 Å². The standard InChI is InChI=1S/C19H19NO3/c1-4-22-17-11-5-14(6-12-17)18-13(2)23-20-19(18)15-7-9-16(21-3)10-8-15/h5-12H,4H2,1-3H3. The molecule has 3 aromatic rings. The predicted molar refractivity (Wildman–Crippen MR) is 89.8 cm³/mol. The van der Waals surface area contributed by atoms with Gasteiger partial charge in [-0.05, 0) is 55.8 Å². The normalized spacial score (nSPS) is 10.6. The van der Waals surface area contributed by atoms with Crippen molar-refractivity contribution < 1.29 is 14.0 Å². The first-order chi connectivity index (χ1) is 11.2. The summed E-state index contributed by atoms with van der Waals surface area (Å²) in [6.07, 6.45) is 0. The number of nitrogens with zero attached hydrogens (tertiary/aromatic N) is 1. The lowest BCUT2D eigenvalue weighted by atomic mass is 9.99. The number of rotatable bonds is 5. The third-order valence-electron chi connectivity index (χ3n) is 3.68. The highest BCUT2D eigenvalue weighted by atomic mass is 16.5. The van der Waals surface area contributed by atoms with Crippen LogP contribution in [0.15, 0.2) is 53.1 Å². The number of hydrogen-bond donors (Lipinski definition) is 0. The quantitative estimate of drug-likeness (QED) is 0.684. The van der Waals surface area contributed by atoms with Crippen LogP contribution in [-0.2, 0) is 0 Å². The molecule has 1 heterocycles. The van der Waals surface area contributed by atoms with Gasteiger partial charge in [0.2, 0.25) is 0 Å². The maximum absolute atomic E-state index is 5.50. The van der Waals surface area contributed by atoms with Crippen LogP contribution in [0.2, 0.25) is 0 Å². The Kier molecular flexibility index (Phi) is 4.33. The molecule has 1 aromatic heterocycles. The lowest BCUT2D eigenvalue weighted by Crippen LogP contribution is -1.91. The van der Waals surface area contributed by atoms with Gasteiger partial charge in [-0.3, -0.25) is 0 Å². The molecule has 0 unspecified atom stereocenters. The van der Waals surface area contributed by atoms with Crippen LogP contribution >= 0.6 is 0 Å². The van der Waals surface area contributed by atoms with Crippen molar-refractivity contribution >= 4 is 0 Å². The average Bonchev–Trinajstić information content (AvgIpc) is 2.98. The van der Waals surface area contributed by atoms with Gasteiger partial charge in [-0.25, -0.2) is 0 Å². The molecule has 0 saturated heterocycles. The molecule has 0 radical (unpaired) electrons. The summed E-state index contributed by atoms with van der Waals surface area (Å²) in [6.45, 7) is 4.55. The van der Waals surface area contributed by atoms with Gasteiger partial charge < -0.3 is 14.0 Å². The molecule has 0 aliphatic heterocycles. The fraction of sp³-hybridized carbons (Fsp3) is 0.211. The van der Waals surface area contributed by atoms with E-state index in [-0.39, 0.29) is 0 Å². The zero-order chi connectivity index (χ0) is 16.2. The van der Waals surface area contributed by atoms with Gasteiger partial charge in [-0.15, -0.1) is 0 Å². The van der Waals surface area contributed by atoms with E-state index in [1.54, 1.807) is 7.11 Å².